The summed E-state index contributed by atoms with van der Waals surface area (Å²) in [6.45, 7) is 2.09. The molecule has 2 aromatic rings. The summed E-state index contributed by atoms with van der Waals surface area (Å²) in [6.07, 6.45) is 1.63. The first kappa shape index (κ1) is 14.0. The first-order chi connectivity index (χ1) is 9.41. The van der Waals surface area contributed by atoms with Gasteiger partial charge in [-0.2, -0.15) is 5.10 Å². The van der Waals surface area contributed by atoms with E-state index in [1.807, 2.05) is 6.92 Å². The number of halogens is 1. The van der Waals surface area contributed by atoms with Crippen molar-refractivity contribution in [1.82, 2.24) is 25.3 Å². The Hall–Kier alpha value is -2.42. The lowest BCUT2D eigenvalue weighted by atomic mass is 10.2. The van der Waals surface area contributed by atoms with Gasteiger partial charge in [0.25, 0.3) is 5.91 Å². The fourth-order valence-electron chi connectivity index (χ4n) is 1.57. The Balaban J connectivity index is 2.09. The number of carbonyl (C=O) groups is 1. The lowest BCUT2D eigenvalue weighted by molar-refractivity contribution is -0.389. The number of nitro groups is 1. The van der Waals surface area contributed by atoms with Crippen LogP contribution in [-0.2, 0) is 13.6 Å². The van der Waals surface area contributed by atoms with Gasteiger partial charge < -0.3 is 15.4 Å². The van der Waals surface area contributed by atoms with E-state index < -0.39 is 16.6 Å². The molecule has 0 fully saturated rings. The molecule has 0 unspecified atom stereocenters. The van der Waals surface area contributed by atoms with Crippen molar-refractivity contribution < 1.29 is 9.72 Å². The molecule has 0 aliphatic rings. The van der Waals surface area contributed by atoms with Gasteiger partial charge in [-0.1, -0.05) is 16.7 Å². The van der Waals surface area contributed by atoms with Gasteiger partial charge in [0.1, 0.15) is 0 Å². The first-order valence-electron chi connectivity index (χ1n) is 5.55. The van der Waals surface area contributed by atoms with E-state index in [1.165, 1.54) is 0 Å². The zero-order valence-corrected chi connectivity index (χ0v) is 11.4. The minimum Gasteiger partial charge on any atom is -0.358 e. The molecule has 9 nitrogen and oxygen atoms in total. The number of amides is 1. The molecule has 20 heavy (non-hydrogen) atoms. The largest absolute Gasteiger partial charge is 0.362 e. The fraction of sp³-hybridized carbons (Fsp3) is 0.300. The Morgan fingerprint density at radius 1 is 1.65 bits per heavy atom. The lowest BCUT2D eigenvalue weighted by Crippen LogP contribution is -2.23. The molecule has 0 spiro atoms. The van der Waals surface area contributed by atoms with Gasteiger partial charge in [-0.15, -0.1) is 5.10 Å². The average Bonchev–Trinajstić information content (AvgIpc) is 2.92. The summed E-state index contributed by atoms with van der Waals surface area (Å²) in [5.74, 6) is -1.10. The Kier molecular flexibility index (Phi) is 3.70. The zero-order chi connectivity index (χ0) is 14.9. The van der Waals surface area contributed by atoms with Crippen molar-refractivity contribution in [2.45, 2.75) is 13.5 Å². The van der Waals surface area contributed by atoms with E-state index >= 15 is 0 Å². The van der Waals surface area contributed by atoms with Crippen molar-refractivity contribution in [2.24, 2.45) is 7.05 Å². The summed E-state index contributed by atoms with van der Waals surface area (Å²) >= 11 is 5.72. The predicted octanol–water partition coefficient (Wildman–Crippen LogP) is 0.943. The predicted molar refractivity (Wildman–Crippen MR) is 69.4 cm³/mol. The van der Waals surface area contributed by atoms with E-state index in [4.69, 9.17) is 11.6 Å². The number of aromatic amines is 1. The summed E-state index contributed by atoms with van der Waals surface area (Å²) in [7, 11) is 1.79. The van der Waals surface area contributed by atoms with Crippen LogP contribution in [0.5, 0.6) is 0 Å². The quantitative estimate of drug-likeness (QED) is 0.643. The number of nitrogens with one attached hydrogen (secondary N) is 2. The molecule has 106 valence electrons. The molecule has 0 bridgehead atoms. The number of aromatic nitrogens is 4. The molecule has 2 rings (SSSR count). The molecule has 0 aliphatic carbocycles. The third-order valence-corrected chi connectivity index (χ3v) is 3.22. The Morgan fingerprint density at radius 2 is 2.35 bits per heavy atom. The second kappa shape index (κ2) is 5.29. The standard InChI is InChI=1S/C10H11ClN6O3/c1-5-6(4-13-16(5)2)3-12-10(18)8-7(11)9(15-14-8)17(19)20/h4H,3H2,1-2H3,(H,12,18)(H,14,15). The van der Waals surface area contributed by atoms with Gasteiger partial charge in [0, 0.05) is 24.8 Å². The van der Waals surface area contributed by atoms with Gasteiger partial charge in [0.2, 0.25) is 0 Å². The Labute approximate surface area is 118 Å². The lowest BCUT2D eigenvalue weighted by Gasteiger charge is -2.02. The van der Waals surface area contributed by atoms with Gasteiger partial charge in [0.15, 0.2) is 10.7 Å². The zero-order valence-electron chi connectivity index (χ0n) is 10.7. The fourth-order valence-corrected chi connectivity index (χ4v) is 1.81. The van der Waals surface area contributed by atoms with Crippen LogP contribution in [0.1, 0.15) is 21.7 Å². The van der Waals surface area contributed by atoms with Crippen LogP contribution >= 0.6 is 11.6 Å². The minimum absolute atomic E-state index is 0.208. The van der Waals surface area contributed by atoms with Crippen LogP contribution in [0.25, 0.3) is 0 Å². The number of rotatable bonds is 4. The first-order valence-corrected chi connectivity index (χ1v) is 5.93. The van der Waals surface area contributed by atoms with E-state index in [-0.39, 0.29) is 17.3 Å². The highest BCUT2D eigenvalue weighted by Crippen LogP contribution is 2.24. The van der Waals surface area contributed by atoms with E-state index in [2.05, 4.69) is 20.6 Å². The second-order valence-electron chi connectivity index (χ2n) is 4.05. The molecule has 0 saturated carbocycles. The molecular formula is C10H11ClN6O3. The second-order valence-corrected chi connectivity index (χ2v) is 4.43. The van der Waals surface area contributed by atoms with Crippen LogP contribution < -0.4 is 5.32 Å². The molecule has 0 radical (unpaired) electrons. The van der Waals surface area contributed by atoms with Crippen LogP contribution in [0.3, 0.4) is 0 Å². The van der Waals surface area contributed by atoms with E-state index in [9.17, 15) is 14.9 Å². The SMILES string of the molecule is Cc1c(CNC(=O)c2n[nH]c([N+](=O)[O-])c2Cl)cnn1C. The van der Waals surface area contributed by atoms with E-state index in [0.29, 0.717) is 0 Å². The number of carbonyl (C=O) groups excluding carboxylic acids is 1. The van der Waals surface area contributed by atoms with Crippen molar-refractivity contribution in [2.75, 3.05) is 0 Å². The number of H-pyrrole nitrogens is 1. The minimum atomic E-state index is -0.739. The maximum absolute atomic E-state index is 11.9. The molecule has 0 saturated heterocycles. The van der Waals surface area contributed by atoms with E-state index in [0.717, 1.165) is 11.3 Å². The van der Waals surface area contributed by atoms with Crippen molar-refractivity contribution in [3.63, 3.8) is 0 Å². The van der Waals surface area contributed by atoms with Crippen molar-refractivity contribution >= 4 is 23.3 Å². The highest BCUT2D eigenvalue weighted by molar-refractivity contribution is 6.35. The number of hydrogen-bond donors (Lipinski definition) is 2. The van der Waals surface area contributed by atoms with E-state index in [1.54, 1.807) is 17.9 Å². The highest BCUT2D eigenvalue weighted by Gasteiger charge is 2.25. The Bertz CT molecular complexity index is 677. The average molecular weight is 299 g/mol. The topological polar surface area (TPSA) is 119 Å². The van der Waals surface area contributed by atoms with Crippen LogP contribution in [0.15, 0.2) is 6.20 Å². The number of nitrogens with zero attached hydrogens (tertiary/aromatic N) is 4. The van der Waals surface area contributed by atoms with Crippen LogP contribution in [0.2, 0.25) is 5.02 Å². The molecule has 1 amide bonds. The summed E-state index contributed by atoms with van der Waals surface area (Å²) in [4.78, 5) is 21.7. The molecule has 0 atom stereocenters. The third kappa shape index (κ3) is 2.48. The normalized spacial score (nSPS) is 10.6. The summed E-state index contributed by atoms with van der Waals surface area (Å²) in [5.41, 5.74) is 1.53. The molecule has 0 aromatic carbocycles. The van der Waals surface area contributed by atoms with Gasteiger partial charge in [-0.25, -0.2) is 0 Å². The molecule has 2 N–H and O–H groups in total. The van der Waals surface area contributed by atoms with Crippen molar-refractivity contribution in [3.05, 3.63) is 38.3 Å². The van der Waals surface area contributed by atoms with Crippen molar-refractivity contribution in [3.8, 4) is 0 Å². The maximum Gasteiger partial charge on any atom is 0.362 e. The maximum atomic E-state index is 11.9. The van der Waals surface area contributed by atoms with Crippen LogP contribution in [0.4, 0.5) is 5.82 Å². The van der Waals surface area contributed by atoms with Crippen LogP contribution in [0, 0.1) is 17.0 Å². The summed E-state index contributed by atoms with van der Waals surface area (Å²) in [6, 6.07) is 0. The third-order valence-electron chi connectivity index (χ3n) is 2.86. The molecule has 2 heterocycles. The molecule has 2 aromatic heterocycles. The molecular weight excluding hydrogens is 288 g/mol. The van der Waals surface area contributed by atoms with Gasteiger partial charge in [-0.3, -0.25) is 9.48 Å². The Morgan fingerprint density at radius 3 is 2.85 bits per heavy atom. The monoisotopic (exact) mass is 298 g/mol. The number of hydrogen-bond acceptors (Lipinski definition) is 5. The summed E-state index contributed by atoms with van der Waals surface area (Å²) in [5, 5.41) is 22.6. The smallest absolute Gasteiger partial charge is 0.358 e. The summed E-state index contributed by atoms with van der Waals surface area (Å²) < 4.78 is 1.67. The highest BCUT2D eigenvalue weighted by atomic mass is 35.5. The van der Waals surface area contributed by atoms with Crippen LogP contribution in [-0.4, -0.2) is 30.8 Å². The van der Waals surface area contributed by atoms with Crippen molar-refractivity contribution in [1.29, 1.82) is 0 Å². The van der Waals surface area contributed by atoms with Gasteiger partial charge >= 0.3 is 5.82 Å². The van der Waals surface area contributed by atoms with Gasteiger partial charge in [0.05, 0.1) is 6.20 Å². The molecule has 0 aliphatic heterocycles. The van der Waals surface area contributed by atoms with Gasteiger partial charge in [-0.05, 0) is 11.8 Å². The number of aryl methyl sites for hydroxylation is 1. The molecule has 10 heteroatoms.